The Hall–Kier alpha value is -1.10. The van der Waals surface area contributed by atoms with Gasteiger partial charge in [-0.2, -0.15) is 0 Å². The molecule has 2 atom stereocenters. The minimum absolute atomic E-state index is 0.138. The highest BCUT2D eigenvalue weighted by Gasteiger charge is 2.35. The molecule has 0 radical (unpaired) electrons. The summed E-state index contributed by atoms with van der Waals surface area (Å²) in [7, 11) is 1.52. The van der Waals surface area contributed by atoms with Crippen LogP contribution in [0, 0.1) is 5.92 Å². The first-order valence-electron chi connectivity index (χ1n) is 3.72. The first-order chi connectivity index (χ1) is 5.65. The predicted molar refractivity (Wildman–Crippen MR) is 41.1 cm³/mol. The molecule has 2 unspecified atom stereocenters. The van der Waals surface area contributed by atoms with Gasteiger partial charge in [-0.15, -0.1) is 0 Å². The molecule has 0 bridgehead atoms. The number of primary amides is 1. The summed E-state index contributed by atoms with van der Waals surface area (Å²) in [5.41, 5.74) is 5.09. The number of nitrogens with one attached hydrogen (secondary N) is 1. The van der Waals surface area contributed by atoms with Crippen LogP contribution in [0.1, 0.15) is 6.42 Å². The van der Waals surface area contributed by atoms with Crippen molar-refractivity contribution >= 4 is 11.8 Å². The Kier molecular flexibility index (Phi) is 2.65. The van der Waals surface area contributed by atoms with E-state index >= 15 is 0 Å². The fourth-order valence-electron chi connectivity index (χ4n) is 1.34. The number of methoxy groups -OCH3 is 1. The van der Waals surface area contributed by atoms with Gasteiger partial charge >= 0.3 is 0 Å². The Labute approximate surface area is 70.2 Å². The lowest BCUT2D eigenvalue weighted by molar-refractivity contribution is -0.124. The summed E-state index contributed by atoms with van der Waals surface area (Å²) < 4.78 is 4.83. The molecule has 1 fully saturated rings. The van der Waals surface area contributed by atoms with E-state index in [4.69, 9.17) is 10.5 Å². The van der Waals surface area contributed by atoms with E-state index in [9.17, 15) is 9.59 Å². The van der Waals surface area contributed by atoms with Crippen molar-refractivity contribution < 1.29 is 14.3 Å². The van der Waals surface area contributed by atoms with Crippen molar-refractivity contribution in [1.82, 2.24) is 5.32 Å². The highest BCUT2D eigenvalue weighted by Crippen LogP contribution is 2.15. The quantitative estimate of drug-likeness (QED) is 0.550. The van der Waals surface area contributed by atoms with Gasteiger partial charge in [0.25, 0.3) is 0 Å². The molecule has 1 aliphatic heterocycles. The zero-order chi connectivity index (χ0) is 9.14. The molecule has 0 aromatic rings. The molecule has 12 heavy (non-hydrogen) atoms. The van der Waals surface area contributed by atoms with Gasteiger partial charge in [-0.05, 0) is 0 Å². The molecule has 0 spiro atoms. The SMILES string of the molecule is COCC1NC(=O)CC1C(N)=O. The minimum atomic E-state index is -0.449. The molecule has 1 rings (SSSR count). The number of carbonyl (C=O) groups is 2. The lowest BCUT2D eigenvalue weighted by Crippen LogP contribution is -2.38. The summed E-state index contributed by atoms with van der Waals surface area (Å²) in [6.07, 6.45) is 0.184. The number of rotatable bonds is 3. The maximum absolute atomic E-state index is 10.9. The molecule has 0 aromatic heterocycles. The Morgan fingerprint density at radius 2 is 2.50 bits per heavy atom. The van der Waals surface area contributed by atoms with Crippen LogP contribution in [0.3, 0.4) is 0 Å². The summed E-state index contributed by atoms with van der Waals surface area (Å²) in [5, 5.41) is 2.62. The van der Waals surface area contributed by atoms with Crippen LogP contribution in [0.2, 0.25) is 0 Å². The number of carbonyl (C=O) groups excluding carboxylic acids is 2. The second kappa shape index (κ2) is 3.53. The van der Waals surface area contributed by atoms with Crippen molar-refractivity contribution in [2.45, 2.75) is 12.5 Å². The van der Waals surface area contributed by atoms with E-state index in [0.29, 0.717) is 6.61 Å². The van der Waals surface area contributed by atoms with Crippen molar-refractivity contribution in [3.8, 4) is 0 Å². The van der Waals surface area contributed by atoms with Crippen LogP contribution in [-0.2, 0) is 14.3 Å². The summed E-state index contributed by atoms with van der Waals surface area (Å²) >= 11 is 0. The molecule has 1 heterocycles. The van der Waals surface area contributed by atoms with E-state index in [0.717, 1.165) is 0 Å². The van der Waals surface area contributed by atoms with Gasteiger partial charge in [0.05, 0.1) is 18.6 Å². The molecule has 5 nitrogen and oxygen atoms in total. The maximum atomic E-state index is 10.9. The summed E-state index contributed by atoms with van der Waals surface area (Å²) in [5.74, 6) is -1.01. The lowest BCUT2D eigenvalue weighted by atomic mass is 10.0. The van der Waals surface area contributed by atoms with Crippen molar-refractivity contribution in [3.05, 3.63) is 0 Å². The molecule has 0 saturated carbocycles. The molecule has 0 aliphatic carbocycles. The van der Waals surface area contributed by atoms with Gasteiger partial charge in [0.1, 0.15) is 0 Å². The number of amides is 2. The monoisotopic (exact) mass is 172 g/mol. The van der Waals surface area contributed by atoms with Crippen LogP contribution >= 0.6 is 0 Å². The van der Waals surface area contributed by atoms with E-state index in [1.54, 1.807) is 0 Å². The van der Waals surface area contributed by atoms with Gasteiger partial charge in [-0.1, -0.05) is 0 Å². The fourth-order valence-corrected chi connectivity index (χ4v) is 1.34. The number of hydrogen-bond donors (Lipinski definition) is 2. The average molecular weight is 172 g/mol. The average Bonchev–Trinajstić information content (AvgIpc) is 2.32. The van der Waals surface area contributed by atoms with Crippen LogP contribution in [-0.4, -0.2) is 31.6 Å². The third-order valence-corrected chi connectivity index (χ3v) is 1.95. The second-order valence-corrected chi connectivity index (χ2v) is 2.84. The molecule has 3 N–H and O–H groups in total. The Bertz CT molecular complexity index is 205. The number of hydrogen-bond acceptors (Lipinski definition) is 3. The van der Waals surface area contributed by atoms with Gasteiger partial charge in [-0.25, -0.2) is 0 Å². The van der Waals surface area contributed by atoms with Crippen molar-refractivity contribution in [1.29, 1.82) is 0 Å². The van der Waals surface area contributed by atoms with Crippen molar-refractivity contribution in [3.63, 3.8) is 0 Å². The zero-order valence-electron chi connectivity index (χ0n) is 6.87. The molecule has 2 amide bonds. The minimum Gasteiger partial charge on any atom is -0.383 e. The maximum Gasteiger partial charge on any atom is 0.223 e. The molecular formula is C7H12N2O3. The Morgan fingerprint density at radius 3 is 3.00 bits per heavy atom. The smallest absolute Gasteiger partial charge is 0.223 e. The van der Waals surface area contributed by atoms with Gasteiger partial charge in [0.15, 0.2) is 0 Å². The molecule has 68 valence electrons. The summed E-state index contributed by atoms with van der Waals surface area (Å²) in [6, 6.07) is -0.250. The normalized spacial score (nSPS) is 28.6. The Morgan fingerprint density at radius 1 is 1.83 bits per heavy atom. The van der Waals surface area contributed by atoms with Gasteiger partial charge in [0.2, 0.25) is 11.8 Å². The fraction of sp³-hybridized carbons (Fsp3) is 0.714. The van der Waals surface area contributed by atoms with Gasteiger partial charge < -0.3 is 15.8 Å². The van der Waals surface area contributed by atoms with Crippen molar-refractivity contribution in [2.24, 2.45) is 11.7 Å². The van der Waals surface area contributed by atoms with E-state index in [-0.39, 0.29) is 18.4 Å². The third kappa shape index (κ3) is 1.73. The largest absolute Gasteiger partial charge is 0.383 e. The first kappa shape index (κ1) is 8.99. The van der Waals surface area contributed by atoms with Crippen molar-refractivity contribution in [2.75, 3.05) is 13.7 Å². The van der Waals surface area contributed by atoms with Crippen LogP contribution < -0.4 is 11.1 Å². The molecule has 1 saturated heterocycles. The molecular weight excluding hydrogens is 160 g/mol. The second-order valence-electron chi connectivity index (χ2n) is 2.84. The predicted octanol–water partition coefficient (Wildman–Crippen LogP) is -1.38. The van der Waals surface area contributed by atoms with Crippen LogP contribution in [0.25, 0.3) is 0 Å². The molecule has 1 aliphatic rings. The van der Waals surface area contributed by atoms with Gasteiger partial charge in [-0.3, -0.25) is 9.59 Å². The number of nitrogens with two attached hydrogens (primary N) is 1. The number of ether oxygens (including phenoxy) is 1. The standard InChI is InChI=1S/C7H12N2O3/c1-12-3-5-4(7(8)11)2-6(10)9-5/h4-5H,2-3H2,1H3,(H2,8,11)(H,9,10). The van der Waals surface area contributed by atoms with E-state index in [1.165, 1.54) is 7.11 Å². The van der Waals surface area contributed by atoms with Gasteiger partial charge in [0, 0.05) is 13.5 Å². The van der Waals surface area contributed by atoms with Crippen LogP contribution in [0.5, 0.6) is 0 Å². The highest BCUT2D eigenvalue weighted by molar-refractivity contribution is 5.89. The Balaban J connectivity index is 2.59. The summed E-state index contributed by atoms with van der Waals surface area (Å²) in [4.78, 5) is 21.7. The molecule has 0 aromatic carbocycles. The first-order valence-corrected chi connectivity index (χ1v) is 3.72. The topological polar surface area (TPSA) is 81.4 Å². The zero-order valence-corrected chi connectivity index (χ0v) is 6.87. The third-order valence-electron chi connectivity index (χ3n) is 1.95. The van der Waals surface area contributed by atoms with E-state index in [1.807, 2.05) is 0 Å². The summed E-state index contributed by atoms with van der Waals surface area (Å²) in [6.45, 7) is 0.333. The van der Waals surface area contributed by atoms with Crippen LogP contribution in [0.4, 0.5) is 0 Å². The highest BCUT2D eigenvalue weighted by atomic mass is 16.5. The van der Waals surface area contributed by atoms with Crippen LogP contribution in [0.15, 0.2) is 0 Å². The van der Waals surface area contributed by atoms with E-state index in [2.05, 4.69) is 5.32 Å². The lowest BCUT2D eigenvalue weighted by Gasteiger charge is -2.13. The molecule has 5 heteroatoms. The van der Waals surface area contributed by atoms with E-state index < -0.39 is 11.8 Å².